The van der Waals surface area contributed by atoms with Crippen LogP contribution in [0.4, 0.5) is 5.69 Å². The van der Waals surface area contributed by atoms with Crippen molar-refractivity contribution in [1.29, 1.82) is 0 Å². The molecule has 0 aliphatic heterocycles. The molecule has 0 bridgehead atoms. The summed E-state index contributed by atoms with van der Waals surface area (Å²) in [7, 11) is 0. The molecular formula is C16H12N2O3S2. The normalized spacial score (nSPS) is 10.8. The minimum Gasteiger partial charge on any atom is -0.293 e. The zero-order valence-electron chi connectivity index (χ0n) is 12.2. The van der Waals surface area contributed by atoms with Crippen molar-refractivity contribution in [2.24, 2.45) is 0 Å². The number of aromatic nitrogens is 1. The van der Waals surface area contributed by atoms with Gasteiger partial charge in [0, 0.05) is 17.2 Å². The van der Waals surface area contributed by atoms with Crippen molar-refractivity contribution >= 4 is 44.8 Å². The molecule has 0 N–H and O–H groups in total. The highest BCUT2D eigenvalue weighted by atomic mass is 32.2. The number of hydrogen-bond donors (Lipinski definition) is 0. The zero-order valence-corrected chi connectivity index (χ0v) is 13.8. The van der Waals surface area contributed by atoms with Crippen LogP contribution in [0.5, 0.6) is 0 Å². The molecule has 3 rings (SSSR count). The summed E-state index contributed by atoms with van der Waals surface area (Å²) in [6.45, 7) is 1.66. The molecule has 0 unspecified atom stereocenters. The van der Waals surface area contributed by atoms with E-state index in [1.54, 1.807) is 19.1 Å². The largest absolute Gasteiger partial charge is 0.293 e. The Morgan fingerprint density at radius 3 is 2.83 bits per heavy atom. The fraction of sp³-hybridized carbons (Fsp3) is 0.125. The molecule has 0 amide bonds. The monoisotopic (exact) mass is 344 g/mol. The average Bonchev–Trinajstić information content (AvgIpc) is 2.95. The maximum absolute atomic E-state index is 12.3. The SMILES string of the molecule is Cc1ccc(C(=O)CSc2nc3ccccc3s2)cc1[N+](=O)[O-]. The number of benzene rings is 2. The fourth-order valence-electron chi connectivity index (χ4n) is 2.10. The van der Waals surface area contributed by atoms with Crippen LogP contribution in [0, 0.1) is 17.0 Å². The zero-order chi connectivity index (χ0) is 16.4. The lowest BCUT2D eigenvalue weighted by Crippen LogP contribution is -2.04. The highest BCUT2D eigenvalue weighted by Crippen LogP contribution is 2.30. The van der Waals surface area contributed by atoms with Gasteiger partial charge in [0.1, 0.15) is 0 Å². The Morgan fingerprint density at radius 2 is 2.09 bits per heavy atom. The highest BCUT2D eigenvalue weighted by Gasteiger charge is 2.15. The van der Waals surface area contributed by atoms with Crippen LogP contribution in [0.1, 0.15) is 15.9 Å². The predicted molar refractivity (Wildman–Crippen MR) is 92.5 cm³/mol. The number of fused-ring (bicyclic) bond motifs is 1. The van der Waals surface area contributed by atoms with Crippen LogP contribution >= 0.6 is 23.1 Å². The number of hydrogen-bond acceptors (Lipinski definition) is 6. The quantitative estimate of drug-likeness (QED) is 0.295. The first-order valence-electron chi connectivity index (χ1n) is 6.81. The molecule has 1 aromatic heterocycles. The number of carbonyl (C=O) groups excluding carboxylic acids is 1. The van der Waals surface area contributed by atoms with Crippen molar-refractivity contribution in [3.8, 4) is 0 Å². The first-order chi connectivity index (χ1) is 11.0. The van der Waals surface area contributed by atoms with Crippen molar-refractivity contribution in [2.45, 2.75) is 11.3 Å². The van der Waals surface area contributed by atoms with Crippen molar-refractivity contribution in [2.75, 3.05) is 5.75 Å². The van der Waals surface area contributed by atoms with Gasteiger partial charge in [0.15, 0.2) is 10.1 Å². The van der Waals surface area contributed by atoms with Gasteiger partial charge >= 0.3 is 0 Å². The van der Waals surface area contributed by atoms with Gasteiger partial charge in [-0.15, -0.1) is 11.3 Å². The Labute approximate surface area is 140 Å². The molecule has 1 heterocycles. The van der Waals surface area contributed by atoms with Gasteiger partial charge < -0.3 is 0 Å². The number of thiazole rings is 1. The van der Waals surface area contributed by atoms with E-state index in [2.05, 4.69) is 4.98 Å². The number of para-hydroxylation sites is 1. The summed E-state index contributed by atoms with van der Waals surface area (Å²) in [4.78, 5) is 27.2. The van der Waals surface area contributed by atoms with Gasteiger partial charge in [-0.1, -0.05) is 36.0 Å². The number of thioether (sulfide) groups is 1. The third-order valence-electron chi connectivity index (χ3n) is 3.33. The van der Waals surface area contributed by atoms with Gasteiger partial charge in [0.25, 0.3) is 5.69 Å². The summed E-state index contributed by atoms with van der Waals surface area (Å²) < 4.78 is 1.90. The number of nitro benzene ring substituents is 1. The van der Waals surface area contributed by atoms with Gasteiger partial charge in [-0.05, 0) is 19.1 Å². The number of ketones is 1. The van der Waals surface area contributed by atoms with E-state index >= 15 is 0 Å². The van der Waals surface area contributed by atoms with E-state index in [1.165, 1.54) is 29.2 Å². The molecule has 0 aliphatic rings. The molecule has 7 heteroatoms. The van der Waals surface area contributed by atoms with E-state index in [9.17, 15) is 14.9 Å². The van der Waals surface area contributed by atoms with Gasteiger partial charge in [0.2, 0.25) is 0 Å². The van der Waals surface area contributed by atoms with Crippen molar-refractivity contribution in [3.05, 3.63) is 63.7 Å². The lowest BCUT2D eigenvalue weighted by molar-refractivity contribution is -0.385. The van der Waals surface area contributed by atoms with Crippen LogP contribution in [-0.2, 0) is 0 Å². The van der Waals surface area contributed by atoms with E-state index < -0.39 is 4.92 Å². The molecule has 0 atom stereocenters. The molecule has 116 valence electrons. The molecule has 5 nitrogen and oxygen atoms in total. The van der Waals surface area contributed by atoms with E-state index in [4.69, 9.17) is 0 Å². The summed E-state index contributed by atoms with van der Waals surface area (Å²) in [6.07, 6.45) is 0. The number of nitro groups is 1. The van der Waals surface area contributed by atoms with Gasteiger partial charge in [-0.3, -0.25) is 14.9 Å². The first-order valence-corrected chi connectivity index (χ1v) is 8.61. The Kier molecular flexibility index (Phi) is 4.40. The average molecular weight is 344 g/mol. The maximum Gasteiger partial charge on any atom is 0.273 e. The Hall–Kier alpha value is -2.25. The Balaban J connectivity index is 1.74. The predicted octanol–water partition coefficient (Wildman–Crippen LogP) is 4.49. The van der Waals surface area contributed by atoms with Crippen molar-refractivity contribution in [1.82, 2.24) is 4.98 Å². The number of nitrogens with zero attached hydrogens (tertiary/aromatic N) is 2. The van der Waals surface area contributed by atoms with Gasteiger partial charge in [0.05, 0.1) is 20.9 Å². The third kappa shape index (κ3) is 3.40. The molecular weight excluding hydrogens is 332 g/mol. The van der Waals surface area contributed by atoms with Crippen LogP contribution in [-0.4, -0.2) is 21.4 Å². The minimum atomic E-state index is -0.465. The standard InChI is InChI=1S/C16H12N2O3S2/c1-10-6-7-11(8-13(10)18(20)21)14(19)9-22-16-17-12-4-2-3-5-15(12)23-16/h2-8H,9H2,1H3. The van der Waals surface area contributed by atoms with Gasteiger partial charge in [-0.2, -0.15) is 0 Å². The summed E-state index contributed by atoms with van der Waals surface area (Å²) in [6, 6.07) is 12.4. The minimum absolute atomic E-state index is 0.0270. The lowest BCUT2D eigenvalue weighted by atomic mass is 10.1. The van der Waals surface area contributed by atoms with Crippen LogP contribution in [0.2, 0.25) is 0 Å². The second-order valence-corrected chi connectivity index (χ2v) is 7.17. The number of Topliss-reactive ketones (excluding diaryl/α,β-unsaturated/α-hetero) is 1. The Bertz CT molecular complexity index is 872. The number of aryl methyl sites for hydroxylation is 1. The summed E-state index contributed by atoms with van der Waals surface area (Å²) >= 11 is 2.89. The van der Waals surface area contributed by atoms with Crippen LogP contribution in [0.25, 0.3) is 10.2 Å². The lowest BCUT2D eigenvalue weighted by Gasteiger charge is -2.02. The fourth-order valence-corrected chi connectivity index (χ4v) is 4.07. The number of rotatable bonds is 5. The van der Waals surface area contributed by atoms with Crippen LogP contribution in [0.3, 0.4) is 0 Å². The van der Waals surface area contributed by atoms with E-state index in [-0.39, 0.29) is 17.2 Å². The molecule has 23 heavy (non-hydrogen) atoms. The molecule has 0 spiro atoms. The Morgan fingerprint density at radius 1 is 1.30 bits per heavy atom. The molecule has 0 saturated carbocycles. The molecule has 0 fully saturated rings. The van der Waals surface area contributed by atoms with Crippen LogP contribution in [0.15, 0.2) is 46.8 Å². The van der Waals surface area contributed by atoms with Gasteiger partial charge in [-0.25, -0.2) is 4.98 Å². The summed E-state index contributed by atoms with van der Waals surface area (Å²) in [5.41, 5.74) is 1.79. The summed E-state index contributed by atoms with van der Waals surface area (Å²) in [5.74, 6) is 0.0670. The highest BCUT2D eigenvalue weighted by molar-refractivity contribution is 8.01. The second kappa shape index (κ2) is 6.47. The van der Waals surface area contributed by atoms with E-state index in [0.717, 1.165) is 14.6 Å². The van der Waals surface area contributed by atoms with Crippen LogP contribution < -0.4 is 0 Å². The molecule has 0 aliphatic carbocycles. The maximum atomic E-state index is 12.3. The molecule has 0 radical (unpaired) electrons. The number of carbonyl (C=O) groups is 1. The summed E-state index contributed by atoms with van der Waals surface area (Å²) in [5, 5.41) is 11.0. The second-order valence-electron chi connectivity index (χ2n) is 4.92. The van der Waals surface area contributed by atoms with Crippen molar-refractivity contribution < 1.29 is 9.72 Å². The smallest absolute Gasteiger partial charge is 0.273 e. The molecule has 0 saturated heterocycles. The molecule has 2 aromatic carbocycles. The first kappa shape index (κ1) is 15.6. The van der Waals surface area contributed by atoms with Crippen molar-refractivity contribution in [3.63, 3.8) is 0 Å². The molecule has 3 aromatic rings. The third-order valence-corrected chi connectivity index (χ3v) is 5.51. The van der Waals surface area contributed by atoms with E-state index in [1.807, 2.05) is 24.3 Å². The van der Waals surface area contributed by atoms with E-state index in [0.29, 0.717) is 11.1 Å². The topological polar surface area (TPSA) is 73.1 Å².